The van der Waals surface area contributed by atoms with Gasteiger partial charge in [-0.2, -0.15) is 0 Å². The number of hydrogen-bond acceptors (Lipinski definition) is 9. The van der Waals surface area contributed by atoms with Crippen LogP contribution in [0.1, 0.15) is 48.9 Å². The number of halogens is 2. The molecule has 1 saturated carbocycles. The number of rotatable bonds is 9. The summed E-state index contributed by atoms with van der Waals surface area (Å²) in [6, 6.07) is 8.10. The molecule has 2 aromatic heterocycles. The van der Waals surface area contributed by atoms with E-state index in [0.29, 0.717) is 33.9 Å². The van der Waals surface area contributed by atoms with Crippen LogP contribution in [0.25, 0.3) is 5.69 Å². The van der Waals surface area contributed by atoms with Crippen molar-refractivity contribution in [3.63, 3.8) is 0 Å². The number of aromatic nitrogens is 4. The molecule has 0 radical (unpaired) electrons. The van der Waals surface area contributed by atoms with Crippen molar-refractivity contribution < 1.29 is 27.1 Å². The van der Waals surface area contributed by atoms with Crippen LogP contribution in [-0.4, -0.2) is 83.6 Å². The van der Waals surface area contributed by atoms with Crippen LogP contribution in [0.2, 0.25) is 0 Å². The highest BCUT2D eigenvalue weighted by molar-refractivity contribution is 7.92. The van der Waals surface area contributed by atoms with Crippen molar-refractivity contribution in [3.8, 4) is 5.69 Å². The van der Waals surface area contributed by atoms with Crippen molar-refractivity contribution in [2.75, 3.05) is 58.4 Å². The molecule has 0 bridgehead atoms. The van der Waals surface area contributed by atoms with Gasteiger partial charge in [0.1, 0.15) is 18.5 Å². The van der Waals surface area contributed by atoms with Crippen molar-refractivity contribution in [1.29, 1.82) is 0 Å². The number of aliphatic hydroxyl groups is 1. The molecule has 6 rings (SSSR count). The van der Waals surface area contributed by atoms with Gasteiger partial charge in [0, 0.05) is 39.0 Å². The summed E-state index contributed by atoms with van der Waals surface area (Å²) in [4.78, 5) is 22.2. The molecule has 3 aromatic rings. The Labute approximate surface area is 248 Å². The standard InChI is InChI=1S/C28H34F2N8O4S/c29-28(30)9-13-37(14-10-28)25-22(38-18-31-32-19-38)3-4-24(33-25)34-26(40)21-2-1-20(35-43(41,42)16-15-39)17-23(21)36-11-7-27(5-6-27)8-12-36/h1-4,17-19,35,39H,5-16H2,(H,33,34,40). The molecule has 1 aromatic carbocycles. The van der Waals surface area contributed by atoms with E-state index < -0.39 is 34.2 Å². The molecule has 3 aliphatic rings. The minimum atomic E-state index is -3.76. The van der Waals surface area contributed by atoms with Crippen molar-refractivity contribution in [2.45, 2.75) is 44.4 Å². The van der Waals surface area contributed by atoms with Gasteiger partial charge < -0.3 is 20.2 Å². The highest BCUT2D eigenvalue weighted by Gasteiger charge is 2.44. The molecule has 4 heterocycles. The molecule has 3 N–H and O–H groups in total. The number of anilines is 4. The van der Waals surface area contributed by atoms with Crippen LogP contribution in [0, 0.1) is 5.41 Å². The molecule has 2 aliphatic heterocycles. The van der Waals surface area contributed by atoms with Crippen molar-refractivity contribution >= 4 is 38.9 Å². The molecular formula is C28H34F2N8O4S. The van der Waals surface area contributed by atoms with Gasteiger partial charge in [-0.05, 0) is 61.4 Å². The molecule has 15 heteroatoms. The molecule has 1 spiro atoms. The monoisotopic (exact) mass is 616 g/mol. The fraction of sp³-hybridized carbons (Fsp3) is 0.500. The van der Waals surface area contributed by atoms with Gasteiger partial charge in [-0.1, -0.05) is 0 Å². The van der Waals surface area contributed by atoms with Crippen LogP contribution < -0.4 is 19.8 Å². The van der Waals surface area contributed by atoms with E-state index >= 15 is 0 Å². The predicted molar refractivity (Wildman–Crippen MR) is 158 cm³/mol. The molecule has 0 atom stereocenters. The van der Waals surface area contributed by atoms with Crippen LogP contribution in [0.5, 0.6) is 0 Å². The molecular weight excluding hydrogens is 582 g/mol. The van der Waals surface area contributed by atoms with Gasteiger partial charge in [0.25, 0.3) is 11.8 Å². The minimum absolute atomic E-state index is 0.0980. The van der Waals surface area contributed by atoms with E-state index in [1.165, 1.54) is 31.6 Å². The second-order valence-corrected chi connectivity index (χ2v) is 13.4. The first-order chi connectivity index (χ1) is 20.6. The Morgan fingerprint density at radius 3 is 2.23 bits per heavy atom. The Bertz CT molecular complexity index is 1580. The largest absolute Gasteiger partial charge is 0.395 e. The van der Waals surface area contributed by atoms with E-state index in [0.717, 1.165) is 25.9 Å². The number of benzene rings is 1. The number of sulfonamides is 1. The van der Waals surface area contributed by atoms with Crippen LogP contribution in [0.4, 0.5) is 31.8 Å². The normalized spacial score (nSPS) is 19.3. The van der Waals surface area contributed by atoms with Gasteiger partial charge >= 0.3 is 0 Å². The number of carbonyl (C=O) groups is 1. The summed E-state index contributed by atoms with van der Waals surface area (Å²) in [5.74, 6) is -2.95. The van der Waals surface area contributed by atoms with E-state index in [9.17, 15) is 22.0 Å². The highest BCUT2D eigenvalue weighted by atomic mass is 32.2. The van der Waals surface area contributed by atoms with Crippen LogP contribution in [0.3, 0.4) is 0 Å². The van der Waals surface area contributed by atoms with E-state index in [2.05, 4.69) is 30.1 Å². The molecule has 12 nitrogen and oxygen atoms in total. The quantitative estimate of drug-likeness (QED) is 0.330. The zero-order valence-corrected chi connectivity index (χ0v) is 24.4. The maximum Gasteiger partial charge on any atom is 0.258 e. The molecule has 2 saturated heterocycles. The maximum atomic E-state index is 13.9. The average molecular weight is 617 g/mol. The van der Waals surface area contributed by atoms with Crippen molar-refractivity contribution in [2.24, 2.45) is 5.41 Å². The Morgan fingerprint density at radius 2 is 1.58 bits per heavy atom. The first-order valence-corrected chi connectivity index (χ1v) is 16.0. The Morgan fingerprint density at radius 1 is 0.907 bits per heavy atom. The first-order valence-electron chi connectivity index (χ1n) is 14.4. The van der Waals surface area contributed by atoms with Gasteiger partial charge in [-0.25, -0.2) is 22.2 Å². The van der Waals surface area contributed by atoms with Crippen LogP contribution in [0.15, 0.2) is 43.0 Å². The average Bonchev–Trinajstić information content (AvgIpc) is 3.48. The third-order valence-corrected chi connectivity index (χ3v) is 9.85. The van der Waals surface area contributed by atoms with Crippen LogP contribution in [-0.2, 0) is 10.0 Å². The molecule has 0 unspecified atom stereocenters. The fourth-order valence-electron chi connectivity index (χ4n) is 5.80. The number of hydrogen-bond donors (Lipinski definition) is 3. The third kappa shape index (κ3) is 6.56. The highest BCUT2D eigenvalue weighted by Crippen LogP contribution is 2.54. The summed E-state index contributed by atoms with van der Waals surface area (Å²) < 4.78 is 56.6. The van der Waals surface area contributed by atoms with Gasteiger partial charge in [-0.15, -0.1) is 10.2 Å². The topological polar surface area (TPSA) is 146 Å². The van der Waals surface area contributed by atoms with Crippen LogP contribution >= 0.6 is 0 Å². The molecule has 230 valence electrons. The van der Waals surface area contributed by atoms with Crippen molar-refractivity contribution in [1.82, 2.24) is 19.7 Å². The fourth-order valence-corrected chi connectivity index (χ4v) is 6.63. The van der Waals surface area contributed by atoms with E-state index in [1.54, 1.807) is 33.7 Å². The summed E-state index contributed by atoms with van der Waals surface area (Å²) in [7, 11) is -3.76. The second-order valence-electron chi connectivity index (χ2n) is 11.6. The summed E-state index contributed by atoms with van der Waals surface area (Å²) in [5, 5.41) is 19.7. The first kappa shape index (κ1) is 29.2. The maximum absolute atomic E-state index is 13.9. The lowest BCUT2D eigenvalue weighted by Crippen LogP contribution is -2.40. The number of amides is 1. The number of alkyl halides is 2. The number of aliphatic hydroxyl groups excluding tert-OH is 1. The Balaban J connectivity index is 1.29. The van der Waals surface area contributed by atoms with Crippen molar-refractivity contribution in [3.05, 3.63) is 48.5 Å². The molecule has 43 heavy (non-hydrogen) atoms. The number of pyridine rings is 1. The van der Waals surface area contributed by atoms with E-state index in [1.807, 2.05) is 0 Å². The van der Waals surface area contributed by atoms with Gasteiger partial charge in [-0.3, -0.25) is 14.1 Å². The zero-order valence-electron chi connectivity index (χ0n) is 23.5. The Hall–Kier alpha value is -3.85. The minimum Gasteiger partial charge on any atom is -0.395 e. The number of piperidine rings is 2. The Kier molecular flexibility index (Phi) is 7.71. The molecule has 1 amide bonds. The van der Waals surface area contributed by atoms with E-state index in [-0.39, 0.29) is 31.7 Å². The molecule has 1 aliphatic carbocycles. The summed E-state index contributed by atoms with van der Waals surface area (Å²) in [6.07, 6.45) is 6.79. The summed E-state index contributed by atoms with van der Waals surface area (Å²) in [5.41, 5.74) is 2.23. The van der Waals surface area contributed by atoms with Gasteiger partial charge in [0.15, 0.2) is 5.82 Å². The number of carbonyl (C=O) groups excluding carboxylic acids is 1. The third-order valence-electron chi connectivity index (χ3n) is 8.59. The van der Waals surface area contributed by atoms with E-state index in [4.69, 9.17) is 5.11 Å². The predicted octanol–water partition coefficient (Wildman–Crippen LogP) is 3.26. The molecule has 3 fully saturated rings. The van der Waals surface area contributed by atoms with Gasteiger partial charge in [0.05, 0.1) is 35.0 Å². The zero-order chi connectivity index (χ0) is 30.2. The second kappa shape index (κ2) is 11.3. The summed E-state index contributed by atoms with van der Waals surface area (Å²) >= 11 is 0. The lowest BCUT2D eigenvalue weighted by atomic mass is 9.93. The SMILES string of the molecule is O=C(Nc1ccc(-n2cnnc2)c(N2CCC(F)(F)CC2)n1)c1ccc(NS(=O)(=O)CCO)cc1N1CCC2(CC1)CC2. The number of nitrogens with zero attached hydrogens (tertiary/aromatic N) is 6. The lowest BCUT2D eigenvalue weighted by molar-refractivity contribution is -0.0221. The van der Waals surface area contributed by atoms with Gasteiger partial charge in [0.2, 0.25) is 10.0 Å². The lowest BCUT2D eigenvalue weighted by Gasteiger charge is -2.35. The number of nitrogens with one attached hydrogen (secondary N) is 2. The summed E-state index contributed by atoms with van der Waals surface area (Å²) in [6.45, 7) is 1.16. The smallest absolute Gasteiger partial charge is 0.258 e.